The van der Waals surface area contributed by atoms with Gasteiger partial charge in [-0.25, -0.2) is 4.68 Å². The standard InChI is InChI=1S/C22H27N5O2S/c1-2-24-12-14-25(15-13-24)21(28)18-30(29)17-19-16-23-27(20-8-4-3-5-9-20)22(19)26-10-6-7-11-26/h3-11,16H,2,12-15,17-18H2,1H3/t30-/m1/s1. The van der Waals surface area contributed by atoms with Crippen molar-refractivity contribution in [3.63, 3.8) is 0 Å². The fourth-order valence-corrected chi connectivity index (χ4v) is 4.86. The number of hydrogen-bond acceptors (Lipinski definition) is 4. The lowest BCUT2D eigenvalue weighted by atomic mass is 10.3. The van der Waals surface area contributed by atoms with Gasteiger partial charge in [-0.3, -0.25) is 9.00 Å². The maximum Gasteiger partial charge on any atom is 0.235 e. The molecule has 1 aromatic carbocycles. The highest BCUT2D eigenvalue weighted by Gasteiger charge is 2.23. The van der Waals surface area contributed by atoms with Crippen LogP contribution in [0, 0.1) is 0 Å². The van der Waals surface area contributed by atoms with Crippen LogP contribution in [0.15, 0.2) is 61.1 Å². The molecule has 1 atom stereocenters. The minimum atomic E-state index is -1.30. The maximum atomic E-state index is 12.9. The Balaban J connectivity index is 1.49. The highest BCUT2D eigenvalue weighted by Crippen LogP contribution is 2.21. The van der Waals surface area contributed by atoms with Crippen LogP contribution in [-0.4, -0.2) is 72.7 Å². The van der Waals surface area contributed by atoms with Crippen LogP contribution in [0.1, 0.15) is 12.5 Å². The molecule has 1 amide bonds. The van der Waals surface area contributed by atoms with E-state index in [2.05, 4.69) is 16.9 Å². The van der Waals surface area contributed by atoms with Gasteiger partial charge in [-0.1, -0.05) is 25.1 Å². The first-order chi connectivity index (χ1) is 14.7. The van der Waals surface area contributed by atoms with E-state index in [9.17, 15) is 9.00 Å². The quantitative estimate of drug-likeness (QED) is 0.581. The van der Waals surface area contributed by atoms with E-state index in [1.807, 2.05) is 69.0 Å². The van der Waals surface area contributed by atoms with Crippen LogP contribution < -0.4 is 0 Å². The predicted octanol–water partition coefficient (Wildman–Crippen LogP) is 2.08. The van der Waals surface area contributed by atoms with Crippen LogP contribution in [0.4, 0.5) is 0 Å². The lowest BCUT2D eigenvalue weighted by molar-refractivity contribution is -0.130. The highest BCUT2D eigenvalue weighted by molar-refractivity contribution is 7.84. The Morgan fingerprint density at radius 2 is 1.73 bits per heavy atom. The number of piperazine rings is 1. The third-order valence-corrected chi connectivity index (χ3v) is 6.64. The van der Waals surface area contributed by atoms with Crippen molar-refractivity contribution in [3.8, 4) is 11.5 Å². The van der Waals surface area contributed by atoms with Crippen molar-refractivity contribution >= 4 is 16.7 Å². The summed E-state index contributed by atoms with van der Waals surface area (Å²) in [4.78, 5) is 16.8. The van der Waals surface area contributed by atoms with E-state index in [1.54, 1.807) is 6.20 Å². The third-order valence-electron chi connectivity index (χ3n) is 5.44. The van der Waals surface area contributed by atoms with Gasteiger partial charge in [0.25, 0.3) is 0 Å². The molecule has 1 aliphatic heterocycles. The van der Waals surface area contributed by atoms with Gasteiger partial charge in [0.15, 0.2) is 0 Å². The van der Waals surface area contributed by atoms with E-state index < -0.39 is 10.8 Å². The second kappa shape index (κ2) is 9.40. The number of aromatic nitrogens is 3. The highest BCUT2D eigenvalue weighted by atomic mass is 32.2. The molecule has 1 fully saturated rings. The van der Waals surface area contributed by atoms with Crippen LogP contribution in [-0.2, 0) is 21.3 Å². The number of likely N-dealkylation sites (N-methyl/N-ethyl adjacent to an activating group) is 1. The SMILES string of the molecule is CCN1CCN(C(=O)C[S@](=O)Cc2cnn(-c3ccccc3)c2-n2cccc2)CC1. The number of benzene rings is 1. The lowest BCUT2D eigenvalue weighted by Gasteiger charge is -2.34. The molecule has 4 rings (SSSR count). The van der Waals surface area contributed by atoms with Crippen molar-refractivity contribution in [1.82, 2.24) is 24.1 Å². The zero-order valence-electron chi connectivity index (χ0n) is 17.2. The summed E-state index contributed by atoms with van der Waals surface area (Å²) in [6.45, 7) is 6.33. The number of nitrogens with zero attached hydrogens (tertiary/aromatic N) is 5. The normalized spacial score (nSPS) is 16.0. The van der Waals surface area contributed by atoms with E-state index in [1.165, 1.54) is 0 Å². The first-order valence-corrected chi connectivity index (χ1v) is 11.7. The monoisotopic (exact) mass is 425 g/mol. The molecule has 1 saturated heterocycles. The van der Waals surface area contributed by atoms with E-state index in [0.717, 1.165) is 36.7 Å². The molecule has 30 heavy (non-hydrogen) atoms. The molecule has 0 unspecified atom stereocenters. The zero-order valence-corrected chi connectivity index (χ0v) is 18.0. The minimum absolute atomic E-state index is 0.0259. The molecule has 1 aliphatic rings. The topological polar surface area (TPSA) is 63.4 Å². The molecule has 7 nitrogen and oxygen atoms in total. The van der Waals surface area contributed by atoms with E-state index in [0.29, 0.717) is 18.8 Å². The first-order valence-electron chi connectivity index (χ1n) is 10.3. The van der Waals surface area contributed by atoms with Crippen molar-refractivity contribution in [2.24, 2.45) is 0 Å². The number of carbonyl (C=O) groups is 1. The van der Waals surface area contributed by atoms with E-state index in [-0.39, 0.29) is 11.7 Å². The van der Waals surface area contributed by atoms with Gasteiger partial charge in [-0.05, 0) is 30.8 Å². The number of para-hydroxylation sites is 1. The summed E-state index contributed by atoms with van der Waals surface area (Å²) < 4.78 is 16.7. The van der Waals surface area contributed by atoms with Gasteiger partial charge in [-0.15, -0.1) is 0 Å². The molecule has 0 radical (unpaired) electrons. The predicted molar refractivity (Wildman–Crippen MR) is 118 cm³/mol. The van der Waals surface area contributed by atoms with E-state index in [4.69, 9.17) is 0 Å². The summed E-state index contributed by atoms with van der Waals surface area (Å²) >= 11 is 0. The van der Waals surface area contributed by atoms with Crippen molar-refractivity contribution < 1.29 is 9.00 Å². The van der Waals surface area contributed by atoms with Gasteiger partial charge in [0.1, 0.15) is 11.6 Å². The molecule has 8 heteroatoms. The zero-order chi connectivity index (χ0) is 20.9. The van der Waals surface area contributed by atoms with Gasteiger partial charge in [-0.2, -0.15) is 5.10 Å². The van der Waals surface area contributed by atoms with Crippen molar-refractivity contribution in [1.29, 1.82) is 0 Å². The molecular weight excluding hydrogens is 398 g/mol. The van der Waals surface area contributed by atoms with Crippen LogP contribution in [0.3, 0.4) is 0 Å². The second-order valence-electron chi connectivity index (χ2n) is 7.37. The van der Waals surface area contributed by atoms with Crippen molar-refractivity contribution in [2.75, 3.05) is 38.5 Å². The largest absolute Gasteiger partial charge is 0.339 e. The Hall–Kier alpha value is -2.71. The van der Waals surface area contributed by atoms with Gasteiger partial charge < -0.3 is 14.4 Å². The van der Waals surface area contributed by atoms with Gasteiger partial charge >= 0.3 is 0 Å². The van der Waals surface area contributed by atoms with Crippen LogP contribution in [0.25, 0.3) is 11.5 Å². The molecule has 3 aromatic rings. The lowest BCUT2D eigenvalue weighted by Crippen LogP contribution is -2.49. The van der Waals surface area contributed by atoms with E-state index >= 15 is 0 Å². The molecule has 0 aliphatic carbocycles. The van der Waals surface area contributed by atoms with Crippen LogP contribution in [0.2, 0.25) is 0 Å². The Bertz CT molecular complexity index is 992. The number of hydrogen-bond donors (Lipinski definition) is 0. The van der Waals surface area contributed by atoms with Gasteiger partial charge in [0.2, 0.25) is 5.91 Å². The van der Waals surface area contributed by atoms with Gasteiger partial charge in [0.05, 0.1) is 17.6 Å². The smallest absolute Gasteiger partial charge is 0.235 e. The number of carbonyl (C=O) groups excluding carboxylic acids is 1. The summed E-state index contributed by atoms with van der Waals surface area (Å²) in [5.74, 6) is 1.17. The molecule has 2 aromatic heterocycles. The summed E-state index contributed by atoms with van der Waals surface area (Å²) in [5.41, 5.74) is 1.79. The fraction of sp³-hybridized carbons (Fsp3) is 0.364. The van der Waals surface area contributed by atoms with Crippen molar-refractivity contribution in [2.45, 2.75) is 12.7 Å². The summed E-state index contributed by atoms with van der Waals surface area (Å²) in [6, 6.07) is 13.8. The Morgan fingerprint density at radius 1 is 1.03 bits per heavy atom. The molecule has 0 N–H and O–H groups in total. The summed E-state index contributed by atoms with van der Waals surface area (Å²) in [6.07, 6.45) is 5.65. The minimum Gasteiger partial charge on any atom is -0.339 e. The van der Waals surface area contributed by atoms with Gasteiger partial charge in [0, 0.05) is 54.9 Å². The van der Waals surface area contributed by atoms with Crippen LogP contribution >= 0.6 is 0 Å². The number of rotatable bonds is 7. The Kier molecular flexibility index (Phi) is 6.44. The summed E-state index contributed by atoms with van der Waals surface area (Å²) in [5, 5.41) is 4.54. The average Bonchev–Trinajstić information content (AvgIpc) is 3.44. The molecule has 0 bridgehead atoms. The molecule has 0 spiro atoms. The number of amides is 1. The first kappa shape index (κ1) is 20.6. The Morgan fingerprint density at radius 3 is 2.40 bits per heavy atom. The molecular formula is C22H27N5O2S. The third kappa shape index (κ3) is 4.55. The fourth-order valence-electron chi connectivity index (χ4n) is 3.75. The average molecular weight is 426 g/mol. The maximum absolute atomic E-state index is 12.9. The molecule has 0 saturated carbocycles. The molecule has 158 valence electrons. The van der Waals surface area contributed by atoms with Crippen molar-refractivity contribution in [3.05, 3.63) is 66.6 Å². The van der Waals surface area contributed by atoms with Crippen LogP contribution in [0.5, 0.6) is 0 Å². The second-order valence-corrected chi connectivity index (χ2v) is 8.83. The molecule has 3 heterocycles. The summed E-state index contributed by atoms with van der Waals surface area (Å²) in [7, 11) is -1.30. The Labute approximate surface area is 179 Å².